The summed E-state index contributed by atoms with van der Waals surface area (Å²) in [5.41, 5.74) is 1.01. The van der Waals surface area contributed by atoms with Gasteiger partial charge in [-0.15, -0.1) is 0 Å². The van der Waals surface area contributed by atoms with Crippen LogP contribution in [0.3, 0.4) is 0 Å². The summed E-state index contributed by atoms with van der Waals surface area (Å²) in [6.45, 7) is 0. The first kappa shape index (κ1) is 14.7. The van der Waals surface area contributed by atoms with E-state index in [4.69, 9.17) is 21.9 Å². The number of hydrogen-bond donors (Lipinski definition) is 2. The Kier molecular flexibility index (Phi) is 3.75. The summed E-state index contributed by atoms with van der Waals surface area (Å²) in [6.07, 6.45) is 1.32. The molecule has 23 heavy (non-hydrogen) atoms. The number of rotatable bonds is 2. The average molecular weight is 323 g/mol. The fourth-order valence-corrected chi connectivity index (χ4v) is 2.30. The minimum Gasteiger partial charge on any atom is -0.457 e. The number of thiocarbonyl (C=S) groups is 1. The number of carbonyl (C=O) groups is 2. The SMILES string of the molecule is N#Cc1ccccc1-c1ccc(C=C2C(=O)NC(=S)NC2=O)o1. The van der Waals surface area contributed by atoms with Gasteiger partial charge in [0.2, 0.25) is 0 Å². The van der Waals surface area contributed by atoms with Gasteiger partial charge in [0.15, 0.2) is 5.11 Å². The maximum atomic E-state index is 11.8. The molecule has 1 aromatic heterocycles. The molecule has 0 radical (unpaired) electrons. The Bertz CT molecular complexity index is 883. The van der Waals surface area contributed by atoms with Crippen molar-refractivity contribution in [1.29, 1.82) is 5.26 Å². The van der Waals surface area contributed by atoms with E-state index in [-0.39, 0.29) is 10.7 Å². The quantitative estimate of drug-likeness (QED) is 0.498. The van der Waals surface area contributed by atoms with Gasteiger partial charge in [-0.2, -0.15) is 5.26 Å². The van der Waals surface area contributed by atoms with Crippen LogP contribution in [0, 0.1) is 11.3 Å². The van der Waals surface area contributed by atoms with Crippen LogP contribution in [0.5, 0.6) is 0 Å². The smallest absolute Gasteiger partial charge is 0.263 e. The number of nitrogens with zero attached hydrogens (tertiary/aromatic N) is 1. The topological polar surface area (TPSA) is 95.1 Å². The molecule has 1 aliphatic rings. The second-order valence-corrected chi connectivity index (χ2v) is 5.06. The summed E-state index contributed by atoms with van der Waals surface area (Å²) in [6, 6.07) is 12.4. The minimum absolute atomic E-state index is 0.0276. The number of furan rings is 1. The Morgan fingerprint density at radius 3 is 2.48 bits per heavy atom. The van der Waals surface area contributed by atoms with Gasteiger partial charge in [-0.3, -0.25) is 20.2 Å². The summed E-state index contributed by atoms with van der Waals surface area (Å²) >= 11 is 4.73. The highest BCUT2D eigenvalue weighted by Gasteiger charge is 2.26. The normalized spacial score (nSPS) is 14.0. The Labute approximate surface area is 136 Å². The number of amides is 2. The maximum absolute atomic E-state index is 11.8. The Hall–Kier alpha value is -3.24. The average Bonchev–Trinajstić information content (AvgIpc) is 2.99. The highest BCUT2D eigenvalue weighted by atomic mass is 32.1. The third-order valence-electron chi connectivity index (χ3n) is 3.17. The van der Waals surface area contributed by atoms with Gasteiger partial charge in [0.05, 0.1) is 11.6 Å². The molecule has 2 heterocycles. The van der Waals surface area contributed by atoms with Crippen molar-refractivity contribution >= 4 is 35.2 Å². The molecule has 0 bridgehead atoms. The molecule has 6 nitrogen and oxygen atoms in total. The molecule has 0 aliphatic carbocycles. The van der Waals surface area contributed by atoms with Crippen molar-refractivity contribution in [2.24, 2.45) is 0 Å². The molecule has 0 atom stereocenters. The van der Waals surface area contributed by atoms with Crippen LogP contribution in [0.15, 0.2) is 46.4 Å². The standard InChI is InChI=1S/C16H9N3O3S/c17-8-9-3-1-2-4-11(9)13-6-5-10(22-13)7-12-14(20)18-16(23)19-15(12)21/h1-7H,(H2,18,19,20,21,23). The van der Waals surface area contributed by atoms with E-state index < -0.39 is 11.8 Å². The third kappa shape index (κ3) is 2.88. The van der Waals surface area contributed by atoms with Crippen LogP contribution >= 0.6 is 12.2 Å². The predicted molar refractivity (Wildman–Crippen MR) is 85.7 cm³/mol. The highest BCUT2D eigenvalue weighted by Crippen LogP contribution is 2.26. The van der Waals surface area contributed by atoms with Gasteiger partial charge in [0.1, 0.15) is 17.1 Å². The van der Waals surface area contributed by atoms with E-state index >= 15 is 0 Å². The fraction of sp³-hybridized carbons (Fsp3) is 0. The lowest BCUT2D eigenvalue weighted by Crippen LogP contribution is -2.51. The number of benzene rings is 1. The Morgan fingerprint density at radius 1 is 1.09 bits per heavy atom. The molecule has 1 fully saturated rings. The molecule has 2 N–H and O–H groups in total. The molecule has 112 valence electrons. The van der Waals surface area contributed by atoms with Crippen LogP contribution in [0.4, 0.5) is 0 Å². The lowest BCUT2D eigenvalue weighted by atomic mass is 10.1. The van der Waals surface area contributed by atoms with Crippen molar-refractivity contribution < 1.29 is 14.0 Å². The van der Waals surface area contributed by atoms with Crippen LogP contribution in [-0.4, -0.2) is 16.9 Å². The number of carbonyl (C=O) groups excluding carboxylic acids is 2. The van der Waals surface area contributed by atoms with Crippen LogP contribution in [0.2, 0.25) is 0 Å². The van der Waals surface area contributed by atoms with E-state index in [1.54, 1.807) is 36.4 Å². The van der Waals surface area contributed by atoms with Crippen molar-refractivity contribution in [3.63, 3.8) is 0 Å². The molecular formula is C16H9N3O3S. The molecule has 7 heteroatoms. The second-order valence-electron chi connectivity index (χ2n) is 4.65. The highest BCUT2D eigenvalue weighted by molar-refractivity contribution is 7.80. The lowest BCUT2D eigenvalue weighted by Gasteiger charge is -2.15. The monoisotopic (exact) mass is 323 g/mol. The predicted octanol–water partition coefficient (Wildman–Crippen LogP) is 1.73. The molecule has 0 unspecified atom stereocenters. The largest absolute Gasteiger partial charge is 0.457 e. The first-order chi connectivity index (χ1) is 11.1. The van der Waals surface area contributed by atoms with Crippen molar-refractivity contribution in [2.45, 2.75) is 0 Å². The molecule has 1 saturated heterocycles. The van der Waals surface area contributed by atoms with Gasteiger partial charge >= 0.3 is 0 Å². The molecule has 3 rings (SSSR count). The van der Waals surface area contributed by atoms with Crippen LogP contribution in [-0.2, 0) is 9.59 Å². The van der Waals surface area contributed by atoms with Crippen LogP contribution < -0.4 is 10.6 Å². The zero-order valence-electron chi connectivity index (χ0n) is 11.6. The van der Waals surface area contributed by atoms with E-state index in [9.17, 15) is 9.59 Å². The molecule has 0 saturated carbocycles. The molecule has 0 spiro atoms. The number of nitriles is 1. The van der Waals surface area contributed by atoms with Crippen molar-refractivity contribution in [3.05, 3.63) is 53.3 Å². The van der Waals surface area contributed by atoms with E-state index in [1.165, 1.54) is 6.08 Å². The summed E-state index contributed by atoms with van der Waals surface area (Å²) in [4.78, 5) is 23.6. The maximum Gasteiger partial charge on any atom is 0.263 e. The molecule has 1 aromatic carbocycles. The van der Waals surface area contributed by atoms with E-state index in [1.807, 2.05) is 0 Å². The minimum atomic E-state index is -0.589. The van der Waals surface area contributed by atoms with Crippen molar-refractivity contribution in [2.75, 3.05) is 0 Å². The Morgan fingerprint density at radius 2 is 1.78 bits per heavy atom. The lowest BCUT2D eigenvalue weighted by molar-refractivity contribution is -0.123. The first-order valence-corrected chi connectivity index (χ1v) is 6.97. The molecule has 2 aromatic rings. The summed E-state index contributed by atoms with van der Waals surface area (Å²) in [5, 5.41) is 13.8. The van der Waals surface area contributed by atoms with E-state index in [0.717, 1.165) is 0 Å². The summed E-state index contributed by atoms with van der Waals surface area (Å²) in [7, 11) is 0. The van der Waals surface area contributed by atoms with Crippen LogP contribution in [0.25, 0.3) is 17.4 Å². The summed E-state index contributed by atoms with van der Waals surface area (Å²) < 4.78 is 5.62. The second kappa shape index (κ2) is 5.87. The molecule has 1 aliphatic heterocycles. The first-order valence-electron chi connectivity index (χ1n) is 6.56. The molecule has 2 amide bonds. The van der Waals surface area contributed by atoms with Crippen molar-refractivity contribution in [3.8, 4) is 17.4 Å². The van der Waals surface area contributed by atoms with Gasteiger partial charge in [0, 0.05) is 5.56 Å². The zero-order chi connectivity index (χ0) is 16.4. The number of nitrogens with one attached hydrogen (secondary N) is 2. The van der Waals surface area contributed by atoms with Gasteiger partial charge in [-0.05, 0) is 42.6 Å². The van der Waals surface area contributed by atoms with Gasteiger partial charge in [-0.1, -0.05) is 12.1 Å². The number of hydrogen-bond acceptors (Lipinski definition) is 5. The third-order valence-corrected chi connectivity index (χ3v) is 3.37. The van der Waals surface area contributed by atoms with E-state index in [2.05, 4.69) is 16.7 Å². The van der Waals surface area contributed by atoms with Gasteiger partial charge in [0.25, 0.3) is 11.8 Å². The summed E-state index contributed by atoms with van der Waals surface area (Å²) in [5.74, 6) is -0.384. The van der Waals surface area contributed by atoms with Crippen molar-refractivity contribution in [1.82, 2.24) is 10.6 Å². The molecular weight excluding hydrogens is 314 g/mol. The van der Waals surface area contributed by atoms with Gasteiger partial charge in [-0.25, -0.2) is 0 Å². The Balaban J connectivity index is 1.95. The zero-order valence-corrected chi connectivity index (χ0v) is 12.4. The van der Waals surface area contributed by atoms with E-state index in [0.29, 0.717) is 22.6 Å². The fourth-order valence-electron chi connectivity index (χ4n) is 2.12. The van der Waals surface area contributed by atoms with Gasteiger partial charge < -0.3 is 4.42 Å². The van der Waals surface area contributed by atoms with Crippen LogP contribution in [0.1, 0.15) is 11.3 Å².